The molecule has 0 amide bonds. The first-order valence-corrected chi connectivity index (χ1v) is 9.60. The Kier molecular flexibility index (Phi) is 8.33. The fourth-order valence-electron chi connectivity index (χ4n) is 2.74. The summed E-state index contributed by atoms with van der Waals surface area (Å²) in [4.78, 5) is 13.1. The highest BCUT2D eigenvalue weighted by molar-refractivity contribution is 7.98. The Morgan fingerprint density at radius 3 is 2.52 bits per heavy atom. The van der Waals surface area contributed by atoms with E-state index in [4.69, 9.17) is 5.73 Å². The first-order chi connectivity index (χ1) is 11.2. The molecule has 1 aliphatic carbocycles. The average molecular weight is 340 g/mol. The third-order valence-corrected chi connectivity index (χ3v) is 4.32. The van der Waals surface area contributed by atoms with Gasteiger partial charge in [-0.2, -0.15) is 0 Å². The molecule has 2 unspecified atom stereocenters. The molecule has 0 saturated heterocycles. The molecule has 7 heteroatoms. The summed E-state index contributed by atoms with van der Waals surface area (Å²) in [6.45, 7) is 8.26. The van der Waals surface area contributed by atoms with Crippen LogP contribution in [-0.2, 0) is 0 Å². The maximum atomic E-state index is 9.25. The molecule has 23 heavy (non-hydrogen) atoms. The quantitative estimate of drug-likeness (QED) is 0.657. The second-order valence-electron chi connectivity index (χ2n) is 4.94. The molecule has 0 radical (unpaired) electrons. The van der Waals surface area contributed by atoms with Gasteiger partial charge in [0.25, 0.3) is 0 Å². The minimum Gasteiger partial charge on any atom is -0.396 e. The van der Waals surface area contributed by atoms with Crippen molar-refractivity contribution in [2.24, 2.45) is 5.92 Å². The summed E-state index contributed by atoms with van der Waals surface area (Å²) in [6.07, 6.45) is 6.80. The third kappa shape index (κ3) is 4.35. The molecule has 0 spiro atoms. The van der Waals surface area contributed by atoms with Crippen molar-refractivity contribution in [3.63, 3.8) is 0 Å². The molecular formula is C16H29N5OS. The second kappa shape index (κ2) is 9.72. The molecule has 2 aromatic rings. The van der Waals surface area contributed by atoms with Gasteiger partial charge in [-0.15, -0.1) is 0 Å². The zero-order valence-corrected chi connectivity index (χ0v) is 15.6. The number of hydrogen-bond donors (Lipinski definition) is 2. The summed E-state index contributed by atoms with van der Waals surface area (Å²) in [5.41, 5.74) is 7.40. The number of anilines is 1. The second-order valence-corrected chi connectivity index (χ2v) is 5.71. The number of thioether (sulfide) groups is 1. The van der Waals surface area contributed by atoms with Crippen molar-refractivity contribution in [3.8, 4) is 0 Å². The van der Waals surface area contributed by atoms with E-state index in [1.165, 1.54) is 11.8 Å². The van der Waals surface area contributed by atoms with Crippen LogP contribution in [0.1, 0.15) is 53.0 Å². The van der Waals surface area contributed by atoms with Crippen molar-refractivity contribution in [3.05, 3.63) is 6.33 Å². The van der Waals surface area contributed by atoms with Gasteiger partial charge in [0.1, 0.15) is 5.52 Å². The van der Waals surface area contributed by atoms with Gasteiger partial charge in [0, 0.05) is 12.6 Å². The molecule has 0 aliphatic heterocycles. The van der Waals surface area contributed by atoms with Crippen LogP contribution < -0.4 is 5.73 Å². The van der Waals surface area contributed by atoms with E-state index in [0.717, 1.165) is 24.9 Å². The maximum Gasteiger partial charge on any atom is 0.191 e. The minimum atomic E-state index is 0.260. The summed E-state index contributed by atoms with van der Waals surface area (Å²) in [7, 11) is 0. The predicted octanol–water partition coefficient (Wildman–Crippen LogP) is 3.52. The van der Waals surface area contributed by atoms with E-state index in [1.54, 1.807) is 6.33 Å². The summed E-state index contributed by atoms with van der Waals surface area (Å²) >= 11 is 1.47. The Labute approximate surface area is 142 Å². The Morgan fingerprint density at radius 1 is 1.26 bits per heavy atom. The van der Waals surface area contributed by atoms with Crippen molar-refractivity contribution < 1.29 is 5.11 Å². The molecular weight excluding hydrogens is 310 g/mol. The van der Waals surface area contributed by atoms with Gasteiger partial charge < -0.3 is 15.4 Å². The highest BCUT2D eigenvalue weighted by atomic mass is 32.2. The number of aromatic nitrogens is 4. The van der Waals surface area contributed by atoms with Crippen molar-refractivity contribution in [2.45, 2.75) is 58.2 Å². The van der Waals surface area contributed by atoms with Crippen molar-refractivity contribution in [2.75, 3.05) is 18.6 Å². The van der Waals surface area contributed by atoms with Gasteiger partial charge in [-0.3, -0.25) is 0 Å². The molecule has 3 rings (SSSR count). The van der Waals surface area contributed by atoms with Gasteiger partial charge in [-0.1, -0.05) is 39.5 Å². The number of imidazole rings is 1. The lowest BCUT2D eigenvalue weighted by Gasteiger charge is -2.12. The minimum absolute atomic E-state index is 0.260. The molecule has 6 nitrogen and oxygen atoms in total. The molecule has 3 N–H and O–H groups in total. The van der Waals surface area contributed by atoms with E-state index in [1.807, 2.05) is 34.0 Å². The van der Waals surface area contributed by atoms with Crippen LogP contribution in [0.25, 0.3) is 11.2 Å². The van der Waals surface area contributed by atoms with Crippen LogP contribution in [0.5, 0.6) is 0 Å². The van der Waals surface area contributed by atoms with Crippen LogP contribution in [0.15, 0.2) is 11.5 Å². The fraction of sp³-hybridized carbons (Fsp3) is 0.688. The fourth-order valence-corrected chi connectivity index (χ4v) is 3.11. The van der Waals surface area contributed by atoms with Crippen LogP contribution >= 0.6 is 11.8 Å². The molecule has 130 valence electrons. The summed E-state index contributed by atoms with van der Waals surface area (Å²) in [5.74, 6) is 0.825. The van der Waals surface area contributed by atoms with E-state index < -0.39 is 0 Å². The normalized spacial score (nSPS) is 19.7. The number of rotatable bonds is 3. The molecule has 2 heterocycles. The van der Waals surface area contributed by atoms with Gasteiger partial charge in [0.2, 0.25) is 0 Å². The number of aliphatic hydroxyl groups is 1. The smallest absolute Gasteiger partial charge is 0.191 e. The highest BCUT2D eigenvalue weighted by Crippen LogP contribution is 2.36. The standard InChI is InChI=1S/C12H17N5OS.2C2H6/c1-19-12-15-10(13)9-11(16-12)17(6-14-9)8-3-2-7(4-8)5-18;2*1-2/h6-8,18H,2-5H2,1H3,(H2,13,15,16);2*1-2H3. The van der Waals surface area contributed by atoms with Crippen LogP contribution in [0.2, 0.25) is 0 Å². The molecule has 2 aromatic heterocycles. The SMILES string of the molecule is CC.CC.CSc1nc(N)c2ncn(C3CCC(CO)C3)c2n1. The lowest BCUT2D eigenvalue weighted by Crippen LogP contribution is -2.07. The van der Waals surface area contributed by atoms with Gasteiger partial charge in [-0.05, 0) is 31.4 Å². The lowest BCUT2D eigenvalue weighted by atomic mass is 10.1. The molecule has 1 aliphatic rings. The monoisotopic (exact) mass is 339 g/mol. The van der Waals surface area contributed by atoms with Gasteiger partial charge in [0.15, 0.2) is 16.6 Å². The molecule has 0 bridgehead atoms. The number of nitrogens with zero attached hydrogens (tertiary/aromatic N) is 4. The zero-order valence-electron chi connectivity index (χ0n) is 14.8. The van der Waals surface area contributed by atoms with Gasteiger partial charge in [-0.25, -0.2) is 15.0 Å². The molecule has 1 fully saturated rings. The number of fused-ring (bicyclic) bond motifs is 1. The Balaban J connectivity index is 0.000000615. The number of nitrogens with two attached hydrogens (primary N) is 1. The maximum absolute atomic E-state index is 9.25. The van der Waals surface area contributed by atoms with Crippen molar-refractivity contribution >= 4 is 28.7 Å². The Bertz CT molecular complexity index is 601. The lowest BCUT2D eigenvalue weighted by molar-refractivity contribution is 0.226. The van der Waals surface area contributed by atoms with E-state index in [0.29, 0.717) is 28.5 Å². The highest BCUT2D eigenvalue weighted by Gasteiger charge is 2.27. The van der Waals surface area contributed by atoms with Crippen LogP contribution in [-0.4, -0.2) is 37.5 Å². The Hall–Kier alpha value is -1.34. The first kappa shape index (κ1) is 19.7. The van der Waals surface area contributed by atoms with Crippen LogP contribution in [0.3, 0.4) is 0 Å². The van der Waals surface area contributed by atoms with Crippen LogP contribution in [0, 0.1) is 5.92 Å². The molecule has 0 aromatic carbocycles. The largest absolute Gasteiger partial charge is 0.396 e. The first-order valence-electron chi connectivity index (χ1n) is 8.37. The van der Waals surface area contributed by atoms with E-state index in [-0.39, 0.29) is 6.61 Å². The average Bonchev–Trinajstić information content (AvgIpc) is 3.24. The van der Waals surface area contributed by atoms with Crippen LogP contribution in [0.4, 0.5) is 5.82 Å². The molecule has 2 atom stereocenters. The number of nitrogen functional groups attached to an aromatic ring is 1. The third-order valence-electron chi connectivity index (χ3n) is 3.78. The van der Waals surface area contributed by atoms with Gasteiger partial charge in [0.05, 0.1) is 6.33 Å². The predicted molar refractivity (Wildman–Crippen MR) is 97.7 cm³/mol. The Morgan fingerprint density at radius 2 is 1.96 bits per heavy atom. The van der Waals surface area contributed by atoms with E-state index in [9.17, 15) is 5.11 Å². The number of hydrogen-bond acceptors (Lipinski definition) is 6. The van der Waals surface area contributed by atoms with Gasteiger partial charge >= 0.3 is 0 Å². The molecule has 1 saturated carbocycles. The summed E-state index contributed by atoms with van der Waals surface area (Å²) in [6, 6.07) is 0.353. The summed E-state index contributed by atoms with van der Waals surface area (Å²) < 4.78 is 2.09. The van der Waals surface area contributed by atoms with Crippen molar-refractivity contribution in [1.82, 2.24) is 19.5 Å². The zero-order chi connectivity index (χ0) is 17.4. The summed E-state index contributed by atoms with van der Waals surface area (Å²) in [5, 5.41) is 9.92. The van der Waals surface area contributed by atoms with Crippen molar-refractivity contribution in [1.29, 1.82) is 0 Å². The van der Waals surface area contributed by atoms with E-state index >= 15 is 0 Å². The topological polar surface area (TPSA) is 89.8 Å². The van der Waals surface area contributed by atoms with E-state index in [2.05, 4.69) is 19.5 Å². The number of aliphatic hydroxyl groups excluding tert-OH is 1.